The van der Waals surface area contributed by atoms with E-state index in [2.05, 4.69) is 52.7 Å². The summed E-state index contributed by atoms with van der Waals surface area (Å²) in [6.45, 7) is 0. The van der Waals surface area contributed by atoms with Gasteiger partial charge in [0.25, 0.3) is 0 Å². The van der Waals surface area contributed by atoms with Crippen LogP contribution in [-0.2, 0) is 0 Å². The molecule has 4 N–H and O–H groups in total. The first-order chi connectivity index (χ1) is 29.5. The number of aromatic nitrogens is 6. The number of nitrogens with zero attached hydrogens (tertiary/aromatic N) is 6. The molecule has 0 bridgehead atoms. The maximum absolute atomic E-state index is 10.0. The number of benzene rings is 4. The van der Waals surface area contributed by atoms with Crippen molar-refractivity contribution in [1.29, 1.82) is 0 Å². The van der Waals surface area contributed by atoms with E-state index in [0.29, 0.717) is 36.1 Å². The highest BCUT2D eigenvalue weighted by Gasteiger charge is 2.27. The average Bonchev–Trinajstić information content (AvgIpc) is 3.89. The number of thiazole rings is 2. The van der Waals surface area contributed by atoms with Gasteiger partial charge in [-0.3, -0.25) is 9.97 Å². The fourth-order valence-electron chi connectivity index (χ4n) is 7.75. The van der Waals surface area contributed by atoms with E-state index >= 15 is 0 Å². The second-order valence-electron chi connectivity index (χ2n) is 15.0. The van der Waals surface area contributed by atoms with Crippen LogP contribution in [0.3, 0.4) is 0 Å². The van der Waals surface area contributed by atoms with Crippen molar-refractivity contribution < 1.29 is 19.7 Å². The lowest BCUT2D eigenvalue weighted by molar-refractivity contribution is 0.118. The Balaban J connectivity index is 0.000000154. The lowest BCUT2D eigenvalue weighted by Gasteiger charge is -2.26. The van der Waals surface area contributed by atoms with Gasteiger partial charge >= 0.3 is 0 Å². The SMILES string of the molecule is O[C@@H]1CCC[C@H](c2nccnc2Oc2ccc(Nc3nc4ccccc4s3)cc2)C1.O[C@H]1CCC[C@@H](c2nccnc2Oc2ccc(Nc3nc4ccccc4s3)cc2)C1. The van der Waals surface area contributed by atoms with Gasteiger partial charge in [-0.25, -0.2) is 19.9 Å². The minimum atomic E-state index is -0.272. The van der Waals surface area contributed by atoms with E-state index in [9.17, 15) is 10.2 Å². The van der Waals surface area contributed by atoms with E-state index in [-0.39, 0.29) is 24.0 Å². The summed E-state index contributed by atoms with van der Waals surface area (Å²) in [6.07, 6.45) is 13.2. The Morgan fingerprint density at radius 3 is 1.33 bits per heavy atom. The first-order valence-corrected chi connectivity index (χ1v) is 21.9. The highest BCUT2D eigenvalue weighted by Crippen LogP contribution is 2.39. The van der Waals surface area contributed by atoms with Gasteiger partial charge in [0.15, 0.2) is 10.3 Å². The lowest BCUT2D eigenvalue weighted by Crippen LogP contribution is -2.19. The number of rotatable bonds is 10. The number of fused-ring (bicyclic) bond motifs is 2. The zero-order valence-electron chi connectivity index (χ0n) is 32.7. The highest BCUT2D eigenvalue weighted by molar-refractivity contribution is 7.22. The molecule has 12 nitrogen and oxygen atoms in total. The van der Waals surface area contributed by atoms with Crippen molar-refractivity contribution in [2.45, 2.75) is 75.4 Å². The Morgan fingerprint density at radius 2 is 0.917 bits per heavy atom. The summed E-state index contributed by atoms with van der Waals surface area (Å²) in [4.78, 5) is 27.0. The molecule has 2 aliphatic rings. The molecule has 8 aromatic rings. The largest absolute Gasteiger partial charge is 0.437 e. The fourth-order valence-corrected chi connectivity index (χ4v) is 9.52. The van der Waals surface area contributed by atoms with Gasteiger partial charge in [-0.05, 0) is 111 Å². The Hall–Kier alpha value is -6.06. The highest BCUT2D eigenvalue weighted by atomic mass is 32.1. The molecule has 0 spiro atoms. The number of nitrogens with one attached hydrogen (secondary N) is 2. The number of ether oxygens (including phenoxy) is 2. The molecule has 4 atom stereocenters. The third kappa shape index (κ3) is 9.69. The Kier molecular flexibility index (Phi) is 12.1. The molecule has 2 aliphatic carbocycles. The van der Waals surface area contributed by atoms with Crippen molar-refractivity contribution in [3.63, 3.8) is 0 Å². The molecule has 0 radical (unpaired) electrons. The van der Waals surface area contributed by atoms with Crippen LogP contribution in [0.1, 0.15) is 74.6 Å². The van der Waals surface area contributed by atoms with Crippen LogP contribution in [0.5, 0.6) is 23.3 Å². The van der Waals surface area contributed by atoms with Crippen molar-refractivity contribution in [3.8, 4) is 23.3 Å². The molecule has 0 aliphatic heterocycles. The maximum atomic E-state index is 10.0. The molecule has 2 fully saturated rings. The van der Waals surface area contributed by atoms with Crippen LogP contribution in [0, 0.1) is 0 Å². The molecule has 4 aromatic carbocycles. The average molecular weight is 837 g/mol. The van der Waals surface area contributed by atoms with Crippen molar-refractivity contribution in [2.75, 3.05) is 10.6 Å². The zero-order chi connectivity index (χ0) is 40.7. The molecule has 0 amide bonds. The standard InChI is InChI=1S/2C23H22N4O2S/c2*28-17-5-3-4-15(14-17)21-22(25-13-12-24-21)29-18-10-8-16(9-11-18)26-23-27-19-6-1-2-7-20(19)30-23/h2*1-2,6-13,15,17,28H,3-5,14H2,(H,26,27)/t2*15-,17+/m10/s1. The maximum Gasteiger partial charge on any atom is 0.241 e. The summed E-state index contributed by atoms with van der Waals surface area (Å²) < 4.78 is 14.4. The quantitative estimate of drug-likeness (QED) is 0.103. The fraction of sp³-hybridized carbons (Fsp3) is 0.261. The van der Waals surface area contributed by atoms with Crippen molar-refractivity contribution in [3.05, 3.63) is 133 Å². The summed E-state index contributed by atoms with van der Waals surface area (Å²) >= 11 is 3.25. The van der Waals surface area contributed by atoms with E-state index in [0.717, 1.165) is 92.0 Å². The molecule has 4 heterocycles. The molecule has 60 heavy (non-hydrogen) atoms. The molecule has 304 valence electrons. The van der Waals surface area contributed by atoms with Crippen LogP contribution in [-0.4, -0.2) is 52.3 Å². The van der Waals surface area contributed by atoms with Gasteiger partial charge in [0.05, 0.1) is 32.6 Å². The third-order valence-electron chi connectivity index (χ3n) is 10.7. The molecule has 2 saturated carbocycles. The number of hydrogen-bond donors (Lipinski definition) is 4. The van der Waals surface area contributed by atoms with Crippen molar-refractivity contribution in [2.24, 2.45) is 0 Å². The second kappa shape index (κ2) is 18.5. The molecular weight excluding hydrogens is 793 g/mol. The van der Waals surface area contributed by atoms with Crippen LogP contribution in [0.25, 0.3) is 20.4 Å². The summed E-state index contributed by atoms with van der Waals surface area (Å²) in [5.74, 6) is 2.78. The normalized spacial score (nSPS) is 19.0. The van der Waals surface area contributed by atoms with Gasteiger partial charge in [0, 0.05) is 48.0 Å². The predicted octanol–water partition coefficient (Wildman–Crippen LogP) is 11.3. The van der Waals surface area contributed by atoms with Crippen LogP contribution >= 0.6 is 22.7 Å². The minimum absolute atomic E-state index is 0.178. The van der Waals surface area contributed by atoms with Gasteiger partial charge in [-0.15, -0.1) is 0 Å². The van der Waals surface area contributed by atoms with Crippen LogP contribution in [0.2, 0.25) is 0 Å². The minimum Gasteiger partial charge on any atom is -0.437 e. The third-order valence-corrected chi connectivity index (χ3v) is 12.6. The number of para-hydroxylation sites is 2. The predicted molar refractivity (Wildman–Crippen MR) is 237 cm³/mol. The second-order valence-corrected chi connectivity index (χ2v) is 17.1. The summed E-state index contributed by atoms with van der Waals surface area (Å²) in [6, 6.07) is 31.7. The molecule has 14 heteroatoms. The van der Waals surface area contributed by atoms with Crippen LogP contribution in [0.15, 0.2) is 122 Å². The molecule has 0 saturated heterocycles. The van der Waals surface area contributed by atoms with Gasteiger partial charge in [-0.2, -0.15) is 0 Å². The summed E-state index contributed by atoms with van der Waals surface area (Å²) in [7, 11) is 0. The molecule has 0 unspecified atom stereocenters. The van der Waals surface area contributed by atoms with Gasteiger partial charge < -0.3 is 30.3 Å². The van der Waals surface area contributed by atoms with Gasteiger partial charge in [-0.1, -0.05) is 59.8 Å². The summed E-state index contributed by atoms with van der Waals surface area (Å²) in [5.41, 5.74) is 5.52. The van der Waals surface area contributed by atoms with Crippen molar-refractivity contribution in [1.82, 2.24) is 29.9 Å². The Bertz CT molecular complexity index is 2410. The first kappa shape index (κ1) is 39.4. The van der Waals surface area contributed by atoms with E-state index in [1.165, 1.54) is 0 Å². The van der Waals surface area contributed by atoms with E-state index in [1.807, 2.05) is 84.9 Å². The van der Waals surface area contributed by atoms with E-state index in [4.69, 9.17) is 9.47 Å². The summed E-state index contributed by atoms with van der Waals surface area (Å²) in [5, 5.41) is 28.5. The van der Waals surface area contributed by atoms with Gasteiger partial charge in [0.2, 0.25) is 11.8 Å². The van der Waals surface area contributed by atoms with Crippen LogP contribution in [0.4, 0.5) is 21.6 Å². The number of aliphatic hydroxyl groups excluding tert-OH is 2. The topological polar surface area (TPSA) is 160 Å². The smallest absolute Gasteiger partial charge is 0.241 e. The molecule has 10 rings (SSSR count). The Labute approximate surface area is 355 Å². The lowest BCUT2D eigenvalue weighted by atomic mass is 9.85. The number of aliphatic hydroxyl groups is 2. The molecule has 4 aromatic heterocycles. The monoisotopic (exact) mass is 836 g/mol. The Morgan fingerprint density at radius 1 is 0.500 bits per heavy atom. The van der Waals surface area contributed by atoms with E-state index < -0.39 is 0 Å². The van der Waals surface area contributed by atoms with Crippen molar-refractivity contribution >= 4 is 64.7 Å². The number of hydrogen-bond acceptors (Lipinski definition) is 14. The molecular formula is C46H44N8O4S2. The van der Waals surface area contributed by atoms with E-state index in [1.54, 1.807) is 47.5 Å². The zero-order valence-corrected chi connectivity index (χ0v) is 34.4. The number of anilines is 4. The van der Waals surface area contributed by atoms with Crippen LogP contribution < -0.4 is 20.1 Å². The first-order valence-electron chi connectivity index (χ1n) is 20.3. The van der Waals surface area contributed by atoms with Gasteiger partial charge in [0.1, 0.15) is 22.9 Å².